The third kappa shape index (κ3) is 2.17. The molecule has 1 N–H and O–H groups in total. The molecule has 1 aliphatic rings. The van der Waals surface area contributed by atoms with Crippen molar-refractivity contribution >= 4 is 11.5 Å². The largest absolute Gasteiger partial charge is 0.508 e. The lowest BCUT2D eigenvalue weighted by atomic mass is 10.1. The number of ether oxygens (including phenoxy) is 1. The summed E-state index contributed by atoms with van der Waals surface area (Å²) in [6, 6.07) is 7.12. The van der Waals surface area contributed by atoms with E-state index >= 15 is 0 Å². The molecule has 3 aromatic rings. The Morgan fingerprint density at radius 1 is 1.05 bits per heavy atom. The second-order valence-electron chi connectivity index (χ2n) is 5.23. The van der Waals surface area contributed by atoms with Crippen molar-refractivity contribution in [1.29, 1.82) is 0 Å². The molecule has 0 atom stereocenters. The summed E-state index contributed by atoms with van der Waals surface area (Å²) in [5.74, 6) is 1.14. The van der Waals surface area contributed by atoms with Crippen molar-refractivity contribution < 1.29 is 9.84 Å². The molecule has 3 heterocycles. The van der Waals surface area contributed by atoms with Gasteiger partial charge in [-0.1, -0.05) is 0 Å². The normalized spacial score (nSPS) is 15.4. The lowest BCUT2D eigenvalue weighted by Gasteiger charge is -2.27. The summed E-state index contributed by atoms with van der Waals surface area (Å²) >= 11 is 0. The Kier molecular flexibility index (Phi) is 3.16. The van der Waals surface area contributed by atoms with E-state index in [4.69, 9.17) is 4.74 Å². The molecule has 0 amide bonds. The molecule has 1 aliphatic heterocycles. The highest BCUT2D eigenvalue weighted by Crippen LogP contribution is 2.26. The van der Waals surface area contributed by atoms with E-state index in [1.54, 1.807) is 18.3 Å². The van der Waals surface area contributed by atoms with Crippen LogP contribution in [0.15, 0.2) is 42.9 Å². The van der Waals surface area contributed by atoms with Gasteiger partial charge in [-0.05, 0) is 24.3 Å². The van der Waals surface area contributed by atoms with Crippen LogP contribution in [0.4, 0.5) is 5.82 Å². The predicted octanol–water partition coefficient (Wildman–Crippen LogP) is 1.94. The lowest BCUT2D eigenvalue weighted by Crippen LogP contribution is -2.37. The zero-order valence-electron chi connectivity index (χ0n) is 12.0. The quantitative estimate of drug-likeness (QED) is 0.783. The third-order valence-electron chi connectivity index (χ3n) is 3.88. The lowest BCUT2D eigenvalue weighted by molar-refractivity contribution is 0.122. The molecule has 22 heavy (non-hydrogen) atoms. The average molecular weight is 296 g/mol. The SMILES string of the molecule is Oc1ccc(-c2cnc3c(N4CCOCC4)nccn23)cc1. The monoisotopic (exact) mass is 296 g/mol. The molecule has 6 nitrogen and oxygen atoms in total. The molecular weight excluding hydrogens is 280 g/mol. The molecule has 2 aromatic heterocycles. The Balaban J connectivity index is 1.80. The first kappa shape index (κ1) is 13.1. The summed E-state index contributed by atoms with van der Waals surface area (Å²) in [7, 11) is 0. The summed E-state index contributed by atoms with van der Waals surface area (Å²) < 4.78 is 7.43. The first-order valence-corrected chi connectivity index (χ1v) is 7.27. The Morgan fingerprint density at radius 3 is 2.59 bits per heavy atom. The number of rotatable bonds is 2. The van der Waals surface area contributed by atoms with Gasteiger partial charge in [0.15, 0.2) is 11.5 Å². The van der Waals surface area contributed by atoms with Gasteiger partial charge in [-0.15, -0.1) is 0 Å². The second-order valence-corrected chi connectivity index (χ2v) is 5.23. The van der Waals surface area contributed by atoms with E-state index in [0.717, 1.165) is 35.8 Å². The summed E-state index contributed by atoms with van der Waals surface area (Å²) in [6.07, 6.45) is 5.55. The maximum absolute atomic E-state index is 9.43. The van der Waals surface area contributed by atoms with E-state index in [-0.39, 0.29) is 5.75 Å². The Labute approximate surface area is 127 Å². The first-order chi connectivity index (χ1) is 10.8. The fourth-order valence-corrected chi connectivity index (χ4v) is 2.75. The van der Waals surface area contributed by atoms with Crippen LogP contribution in [0, 0.1) is 0 Å². The summed E-state index contributed by atoms with van der Waals surface area (Å²) in [4.78, 5) is 11.2. The molecule has 1 aromatic carbocycles. The summed E-state index contributed by atoms with van der Waals surface area (Å²) in [5, 5.41) is 9.43. The topological polar surface area (TPSA) is 62.9 Å². The van der Waals surface area contributed by atoms with Crippen LogP contribution in [0.3, 0.4) is 0 Å². The Bertz CT molecular complexity index is 792. The molecule has 0 spiro atoms. The van der Waals surface area contributed by atoms with Crippen LogP contribution in [0.5, 0.6) is 5.75 Å². The van der Waals surface area contributed by atoms with Crippen molar-refractivity contribution in [1.82, 2.24) is 14.4 Å². The summed E-state index contributed by atoms with van der Waals surface area (Å²) in [6.45, 7) is 3.09. The zero-order chi connectivity index (χ0) is 14.9. The van der Waals surface area contributed by atoms with Gasteiger partial charge in [0.1, 0.15) is 5.75 Å². The number of anilines is 1. The van der Waals surface area contributed by atoms with Crippen LogP contribution in [0.1, 0.15) is 0 Å². The molecule has 112 valence electrons. The smallest absolute Gasteiger partial charge is 0.180 e. The first-order valence-electron chi connectivity index (χ1n) is 7.27. The molecule has 4 rings (SSSR count). The highest BCUT2D eigenvalue weighted by atomic mass is 16.5. The number of morpholine rings is 1. The van der Waals surface area contributed by atoms with Gasteiger partial charge in [-0.3, -0.25) is 4.40 Å². The number of aromatic nitrogens is 3. The fourth-order valence-electron chi connectivity index (χ4n) is 2.75. The van der Waals surface area contributed by atoms with Crippen LogP contribution < -0.4 is 4.90 Å². The molecule has 0 bridgehead atoms. The molecule has 0 aliphatic carbocycles. The number of benzene rings is 1. The molecule has 0 unspecified atom stereocenters. The van der Waals surface area contributed by atoms with Crippen molar-refractivity contribution in [3.63, 3.8) is 0 Å². The Hall–Kier alpha value is -2.60. The van der Waals surface area contributed by atoms with E-state index in [9.17, 15) is 5.11 Å². The molecule has 0 saturated carbocycles. The van der Waals surface area contributed by atoms with Crippen molar-refractivity contribution in [2.75, 3.05) is 31.2 Å². The number of hydrogen-bond donors (Lipinski definition) is 1. The van der Waals surface area contributed by atoms with Gasteiger partial charge in [0.05, 0.1) is 25.1 Å². The van der Waals surface area contributed by atoms with E-state index < -0.39 is 0 Å². The van der Waals surface area contributed by atoms with Gasteiger partial charge < -0.3 is 14.7 Å². The minimum atomic E-state index is 0.258. The number of nitrogens with zero attached hydrogens (tertiary/aromatic N) is 4. The minimum absolute atomic E-state index is 0.258. The minimum Gasteiger partial charge on any atom is -0.508 e. The number of hydrogen-bond acceptors (Lipinski definition) is 5. The van der Waals surface area contributed by atoms with Crippen LogP contribution in [-0.2, 0) is 4.74 Å². The molecule has 6 heteroatoms. The zero-order valence-corrected chi connectivity index (χ0v) is 12.0. The van der Waals surface area contributed by atoms with Crippen LogP contribution in [0.2, 0.25) is 0 Å². The highest BCUT2D eigenvalue weighted by molar-refractivity contribution is 5.71. The van der Waals surface area contributed by atoms with Crippen molar-refractivity contribution in [3.05, 3.63) is 42.9 Å². The number of aromatic hydroxyl groups is 1. The highest BCUT2D eigenvalue weighted by Gasteiger charge is 2.17. The maximum Gasteiger partial charge on any atom is 0.180 e. The molecule has 1 saturated heterocycles. The van der Waals surface area contributed by atoms with E-state index in [1.165, 1.54) is 0 Å². The van der Waals surface area contributed by atoms with Gasteiger partial charge in [-0.2, -0.15) is 0 Å². The van der Waals surface area contributed by atoms with Crippen LogP contribution >= 0.6 is 0 Å². The fraction of sp³-hybridized carbons (Fsp3) is 0.250. The van der Waals surface area contributed by atoms with Gasteiger partial charge in [0.25, 0.3) is 0 Å². The number of phenolic OH excluding ortho intramolecular Hbond substituents is 1. The van der Waals surface area contributed by atoms with Crippen LogP contribution in [-0.4, -0.2) is 45.8 Å². The van der Waals surface area contributed by atoms with Crippen LogP contribution in [0.25, 0.3) is 16.9 Å². The van der Waals surface area contributed by atoms with Crippen molar-refractivity contribution in [2.45, 2.75) is 0 Å². The maximum atomic E-state index is 9.43. The molecule has 0 radical (unpaired) electrons. The average Bonchev–Trinajstić information content (AvgIpc) is 3.00. The Morgan fingerprint density at radius 2 is 1.82 bits per heavy atom. The van der Waals surface area contributed by atoms with E-state index in [2.05, 4.69) is 14.9 Å². The summed E-state index contributed by atoms with van der Waals surface area (Å²) in [5.41, 5.74) is 2.82. The van der Waals surface area contributed by atoms with Gasteiger partial charge in [0, 0.05) is 31.0 Å². The van der Waals surface area contributed by atoms with Gasteiger partial charge in [-0.25, -0.2) is 9.97 Å². The third-order valence-corrected chi connectivity index (χ3v) is 3.88. The number of phenols is 1. The number of imidazole rings is 1. The second kappa shape index (κ2) is 5.31. The van der Waals surface area contributed by atoms with E-state index in [0.29, 0.717) is 13.2 Å². The van der Waals surface area contributed by atoms with Gasteiger partial charge >= 0.3 is 0 Å². The molecule has 1 fully saturated rings. The molecular formula is C16H16N4O2. The predicted molar refractivity (Wildman–Crippen MR) is 83.1 cm³/mol. The van der Waals surface area contributed by atoms with Crippen molar-refractivity contribution in [3.8, 4) is 17.0 Å². The van der Waals surface area contributed by atoms with Crippen molar-refractivity contribution in [2.24, 2.45) is 0 Å². The number of fused-ring (bicyclic) bond motifs is 1. The van der Waals surface area contributed by atoms with E-state index in [1.807, 2.05) is 28.9 Å². The van der Waals surface area contributed by atoms with Gasteiger partial charge in [0.2, 0.25) is 0 Å². The standard InChI is InChI=1S/C16H16N4O2/c21-13-3-1-12(2-4-13)14-11-18-16-15(17-5-6-20(14)16)19-7-9-22-10-8-19/h1-6,11,21H,7-10H2.